The minimum absolute atomic E-state index is 0.716. The summed E-state index contributed by atoms with van der Waals surface area (Å²) in [7, 11) is 4.26. The number of nitriles is 1. The van der Waals surface area contributed by atoms with E-state index < -0.39 is 0 Å². The van der Waals surface area contributed by atoms with Gasteiger partial charge in [-0.05, 0) is 12.8 Å². The Morgan fingerprint density at radius 2 is 2.00 bits per heavy atom. The minimum atomic E-state index is 0.716. The van der Waals surface area contributed by atoms with Crippen molar-refractivity contribution in [2.45, 2.75) is 19.3 Å². The van der Waals surface area contributed by atoms with Gasteiger partial charge in [0.05, 0.1) is 26.7 Å². The van der Waals surface area contributed by atoms with Crippen LogP contribution in [0.4, 0.5) is 0 Å². The summed E-state index contributed by atoms with van der Waals surface area (Å²) in [4.78, 5) is 1.47. The Morgan fingerprint density at radius 3 is 2.44 bits per heavy atom. The van der Waals surface area contributed by atoms with E-state index in [1.165, 1.54) is 17.9 Å². The summed E-state index contributed by atoms with van der Waals surface area (Å²) in [6.45, 7) is 1.18. The van der Waals surface area contributed by atoms with Gasteiger partial charge in [0, 0.05) is 6.42 Å². The Hall–Kier alpha value is -0.550. The van der Waals surface area contributed by atoms with Gasteiger partial charge in [-0.1, -0.05) is 0 Å². The predicted molar refractivity (Wildman–Crippen MR) is 37.1 cm³/mol. The van der Waals surface area contributed by atoms with Crippen LogP contribution in [0.1, 0.15) is 19.3 Å². The highest BCUT2D eigenvalue weighted by molar-refractivity contribution is 4.67. The highest BCUT2D eigenvalue weighted by Crippen LogP contribution is 1.88. The fraction of sp³-hybridized carbons (Fsp3) is 0.857. The highest BCUT2D eigenvalue weighted by Gasteiger charge is 1.91. The van der Waals surface area contributed by atoms with Gasteiger partial charge in [0.2, 0.25) is 0 Å². The molecule has 0 unspecified atom stereocenters. The molecule has 0 saturated carbocycles. The minimum Gasteiger partial charge on any atom is -0.340 e. The van der Waals surface area contributed by atoms with E-state index in [1.807, 2.05) is 0 Å². The van der Waals surface area contributed by atoms with Crippen LogP contribution in [0.15, 0.2) is 0 Å². The predicted octanol–water partition coefficient (Wildman–Crippen LogP) is -0.175. The zero-order valence-corrected chi connectivity index (χ0v) is 6.28. The van der Waals surface area contributed by atoms with Crippen molar-refractivity contribution >= 4 is 0 Å². The largest absolute Gasteiger partial charge is 0.340 e. The molecule has 0 aliphatic rings. The second-order valence-electron chi connectivity index (χ2n) is 2.57. The molecule has 0 radical (unpaired) electrons. The van der Waals surface area contributed by atoms with E-state index in [-0.39, 0.29) is 0 Å². The summed E-state index contributed by atoms with van der Waals surface area (Å²) in [5, 5.41) is 8.17. The van der Waals surface area contributed by atoms with Crippen LogP contribution in [0.2, 0.25) is 0 Å². The van der Waals surface area contributed by atoms with Crippen molar-refractivity contribution in [1.29, 1.82) is 5.26 Å². The molecule has 1 N–H and O–H groups in total. The van der Waals surface area contributed by atoms with Crippen LogP contribution in [-0.4, -0.2) is 20.6 Å². The van der Waals surface area contributed by atoms with Crippen LogP contribution in [0.5, 0.6) is 0 Å². The van der Waals surface area contributed by atoms with Gasteiger partial charge >= 0.3 is 0 Å². The Morgan fingerprint density at radius 1 is 1.33 bits per heavy atom. The average molecular weight is 127 g/mol. The summed E-state index contributed by atoms with van der Waals surface area (Å²) in [5.74, 6) is 0. The fourth-order valence-electron chi connectivity index (χ4n) is 0.683. The molecule has 0 fully saturated rings. The molecule has 2 heteroatoms. The fourth-order valence-corrected chi connectivity index (χ4v) is 0.683. The lowest BCUT2D eigenvalue weighted by Gasteiger charge is -2.04. The smallest absolute Gasteiger partial charge is 0.0767 e. The number of nitrogens with one attached hydrogen (secondary N) is 1. The lowest BCUT2D eigenvalue weighted by molar-refractivity contribution is -0.858. The molecule has 0 atom stereocenters. The molecule has 0 saturated heterocycles. The van der Waals surface area contributed by atoms with Crippen molar-refractivity contribution in [2.24, 2.45) is 0 Å². The molecule has 0 aromatic heterocycles. The molecule has 0 bridgehead atoms. The lowest BCUT2D eigenvalue weighted by atomic mass is 10.2. The standard InChI is InChI=1S/C7H14N2/c1-9(2)7-5-3-4-6-8/h3-5,7H2,1-2H3/p+1. The third-order valence-corrected chi connectivity index (χ3v) is 1.22. The molecular weight excluding hydrogens is 112 g/mol. The van der Waals surface area contributed by atoms with E-state index in [2.05, 4.69) is 20.2 Å². The molecular formula is C7H15N2+. The molecule has 2 nitrogen and oxygen atoms in total. The van der Waals surface area contributed by atoms with Gasteiger partial charge in [-0.15, -0.1) is 0 Å². The number of quaternary nitrogens is 1. The molecule has 0 rings (SSSR count). The van der Waals surface area contributed by atoms with Crippen molar-refractivity contribution in [1.82, 2.24) is 0 Å². The second-order valence-corrected chi connectivity index (χ2v) is 2.57. The molecule has 52 valence electrons. The molecule has 0 amide bonds. The number of hydrogen-bond acceptors (Lipinski definition) is 1. The first-order chi connectivity index (χ1) is 4.27. The van der Waals surface area contributed by atoms with E-state index in [0.29, 0.717) is 6.42 Å². The first-order valence-corrected chi connectivity index (χ1v) is 3.43. The molecule has 0 spiro atoms. The van der Waals surface area contributed by atoms with Crippen molar-refractivity contribution in [3.8, 4) is 6.07 Å². The van der Waals surface area contributed by atoms with Gasteiger partial charge in [0.15, 0.2) is 0 Å². The van der Waals surface area contributed by atoms with Crippen molar-refractivity contribution < 1.29 is 4.90 Å². The SMILES string of the molecule is C[NH+](C)CCCCC#N. The van der Waals surface area contributed by atoms with Crippen molar-refractivity contribution in [2.75, 3.05) is 20.6 Å². The lowest BCUT2D eigenvalue weighted by Crippen LogP contribution is -3.05. The zero-order valence-electron chi connectivity index (χ0n) is 6.28. The average Bonchev–Trinajstić information content (AvgIpc) is 1.80. The van der Waals surface area contributed by atoms with Crippen molar-refractivity contribution in [3.63, 3.8) is 0 Å². The third-order valence-electron chi connectivity index (χ3n) is 1.22. The maximum absolute atomic E-state index is 8.17. The third kappa shape index (κ3) is 7.45. The van der Waals surface area contributed by atoms with Gasteiger partial charge in [-0.3, -0.25) is 0 Å². The summed E-state index contributed by atoms with van der Waals surface area (Å²) in [6, 6.07) is 2.13. The van der Waals surface area contributed by atoms with E-state index in [0.717, 1.165) is 6.42 Å². The van der Waals surface area contributed by atoms with E-state index in [1.54, 1.807) is 0 Å². The van der Waals surface area contributed by atoms with Crippen LogP contribution < -0.4 is 4.90 Å². The highest BCUT2D eigenvalue weighted by atomic mass is 15.0. The normalized spacial score (nSPS) is 9.56. The Kier molecular flexibility index (Phi) is 5.24. The van der Waals surface area contributed by atoms with Crippen LogP contribution in [0.25, 0.3) is 0 Å². The monoisotopic (exact) mass is 127 g/mol. The Labute approximate surface area is 57.1 Å². The van der Waals surface area contributed by atoms with Crippen molar-refractivity contribution in [3.05, 3.63) is 0 Å². The molecule has 9 heavy (non-hydrogen) atoms. The molecule has 0 heterocycles. The molecule has 0 aliphatic carbocycles. The van der Waals surface area contributed by atoms with E-state index in [4.69, 9.17) is 5.26 Å². The summed E-state index contributed by atoms with van der Waals surface area (Å²) in [5.41, 5.74) is 0. The Balaban J connectivity index is 2.85. The van der Waals surface area contributed by atoms with Gasteiger partial charge in [0.1, 0.15) is 0 Å². The molecule has 0 aromatic carbocycles. The van der Waals surface area contributed by atoms with Gasteiger partial charge in [-0.25, -0.2) is 0 Å². The zero-order chi connectivity index (χ0) is 7.11. The van der Waals surface area contributed by atoms with Crippen LogP contribution in [0, 0.1) is 11.3 Å². The first kappa shape index (κ1) is 8.45. The number of rotatable bonds is 4. The summed E-state index contributed by atoms with van der Waals surface area (Å²) < 4.78 is 0. The first-order valence-electron chi connectivity index (χ1n) is 3.43. The summed E-state index contributed by atoms with van der Waals surface area (Å²) in [6.07, 6.45) is 2.95. The van der Waals surface area contributed by atoms with Crippen LogP contribution >= 0.6 is 0 Å². The van der Waals surface area contributed by atoms with Gasteiger partial charge in [-0.2, -0.15) is 5.26 Å². The van der Waals surface area contributed by atoms with E-state index >= 15 is 0 Å². The number of nitrogens with zero attached hydrogens (tertiary/aromatic N) is 1. The van der Waals surface area contributed by atoms with Crippen LogP contribution in [-0.2, 0) is 0 Å². The quantitative estimate of drug-likeness (QED) is 0.522. The topological polar surface area (TPSA) is 28.2 Å². The number of unbranched alkanes of at least 4 members (excludes halogenated alkanes) is 2. The number of hydrogen-bond donors (Lipinski definition) is 1. The van der Waals surface area contributed by atoms with Gasteiger partial charge < -0.3 is 4.90 Å². The second kappa shape index (κ2) is 5.58. The maximum atomic E-state index is 8.17. The molecule has 0 aliphatic heterocycles. The Bertz CT molecular complexity index is 91.6. The maximum Gasteiger partial charge on any atom is 0.0767 e. The van der Waals surface area contributed by atoms with E-state index in [9.17, 15) is 0 Å². The van der Waals surface area contributed by atoms with Gasteiger partial charge in [0.25, 0.3) is 0 Å². The molecule has 0 aromatic rings. The van der Waals surface area contributed by atoms with Crippen LogP contribution in [0.3, 0.4) is 0 Å². The summed E-state index contributed by atoms with van der Waals surface area (Å²) >= 11 is 0.